The zero-order valence-corrected chi connectivity index (χ0v) is 12.7. The molecule has 0 aliphatic carbocycles. The van der Waals surface area contributed by atoms with E-state index in [0.717, 1.165) is 0 Å². The molecule has 1 aliphatic heterocycles. The summed E-state index contributed by atoms with van der Waals surface area (Å²) < 4.78 is 27.7. The molecule has 0 spiro atoms. The van der Waals surface area contributed by atoms with Crippen LogP contribution in [-0.4, -0.2) is 50.7 Å². The quantitative estimate of drug-likeness (QED) is 0.825. The number of benzene rings is 1. The summed E-state index contributed by atoms with van der Waals surface area (Å²) in [5, 5.41) is 10.1. The zero-order valence-electron chi connectivity index (χ0n) is 11.9. The van der Waals surface area contributed by atoms with Crippen molar-refractivity contribution in [3.05, 3.63) is 23.8 Å². The molecule has 1 aromatic rings. The Labute approximate surface area is 124 Å². The highest BCUT2D eigenvalue weighted by molar-refractivity contribution is 7.91. The van der Waals surface area contributed by atoms with Gasteiger partial charge in [-0.2, -0.15) is 0 Å². The number of ether oxygens (including phenoxy) is 1. The summed E-state index contributed by atoms with van der Waals surface area (Å²) in [5.74, 6) is -0.0987. The molecule has 1 fully saturated rings. The summed E-state index contributed by atoms with van der Waals surface area (Å²) in [5.41, 5.74) is 1.26. The maximum Gasteiger partial charge on any atom is 0.310 e. The zero-order chi connectivity index (χ0) is 15.5. The van der Waals surface area contributed by atoms with Crippen LogP contribution in [0.3, 0.4) is 0 Å². The number of carbonyl (C=O) groups excluding carboxylic acids is 1. The van der Waals surface area contributed by atoms with Gasteiger partial charge in [0.1, 0.15) is 5.75 Å². The lowest BCUT2D eigenvalue weighted by Crippen LogP contribution is -2.40. The van der Waals surface area contributed by atoms with Crippen LogP contribution in [0.5, 0.6) is 5.75 Å². The predicted octanol–water partition coefficient (Wildman–Crippen LogP) is 0.733. The predicted molar refractivity (Wildman–Crippen MR) is 79.3 cm³/mol. The van der Waals surface area contributed by atoms with E-state index in [1.54, 1.807) is 19.1 Å². The van der Waals surface area contributed by atoms with Crippen LogP contribution in [0.2, 0.25) is 0 Å². The molecule has 0 amide bonds. The fourth-order valence-corrected chi connectivity index (χ4v) is 3.48. The Bertz CT molecular complexity index is 612. The van der Waals surface area contributed by atoms with Gasteiger partial charge in [0.2, 0.25) is 0 Å². The van der Waals surface area contributed by atoms with E-state index in [1.807, 2.05) is 4.90 Å². The third-order valence-electron chi connectivity index (χ3n) is 3.38. The minimum absolute atomic E-state index is 0.0519. The summed E-state index contributed by atoms with van der Waals surface area (Å²) >= 11 is 0. The number of aromatic hydroxyl groups is 1. The normalized spacial score (nSPS) is 17.5. The van der Waals surface area contributed by atoms with E-state index in [9.17, 15) is 18.3 Å². The number of esters is 1. The van der Waals surface area contributed by atoms with Crippen LogP contribution >= 0.6 is 0 Å². The van der Waals surface area contributed by atoms with Crippen molar-refractivity contribution in [3.8, 4) is 5.75 Å². The molecule has 1 N–H and O–H groups in total. The van der Waals surface area contributed by atoms with Gasteiger partial charge in [0.25, 0.3) is 0 Å². The van der Waals surface area contributed by atoms with Crippen molar-refractivity contribution in [1.29, 1.82) is 0 Å². The van der Waals surface area contributed by atoms with Crippen LogP contribution in [0.15, 0.2) is 18.2 Å². The number of phenolic OH excluding ortho intramolecular Hbond substituents is 1. The van der Waals surface area contributed by atoms with Crippen LogP contribution in [0.4, 0.5) is 5.69 Å². The van der Waals surface area contributed by atoms with Gasteiger partial charge < -0.3 is 14.7 Å². The van der Waals surface area contributed by atoms with Crippen molar-refractivity contribution >= 4 is 21.5 Å². The second-order valence-corrected chi connectivity index (χ2v) is 7.25. The molecule has 7 heteroatoms. The maximum absolute atomic E-state index is 11.4. The van der Waals surface area contributed by atoms with E-state index in [4.69, 9.17) is 4.74 Å². The number of sulfone groups is 1. The topological polar surface area (TPSA) is 83.9 Å². The van der Waals surface area contributed by atoms with Crippen molar-refractivity contribution in [2.45, 2.75) is 13.3 Å². The number of hydrogen-bond acceptors (Lipinski definition) is 6. The molecule has 0 bridgehead atoms. The minimum Gasteiger partial charge on any atom is -0.506 e. The monoisotopic (exact) mass is 313 g/mol. The van der Waals surface area contributed by atoms with Gasteiger partial charge in [0, 0.05) is 13.1 Å². The molecular formula is C14H19NO5S. The van der Waals surface area contributed by atoms with Gasteiger partial charge in [-0.15, -0.1) is 0 Å². The van der Waals surface area contributed by atoms with Gasteiger partial charge in [-0.05, 0) is 24.6 Å². The van der Waals surface area contributed by atoms with Gasteiger partial charge in [0.05, 0.1) is 30.2 Å². The fraction of sp³-hybridized carbons (Fsp3) is 0.500. The van der Waals surface area contributed by atoms with Gasteiger partial charge in [0.15, 0.2) is 9.84 Å². The molecule has 116 valence electrons. The average molecular weight is 313 g/mol. The maximum atomic E-state index is 11.4. The van der Waals surface area contributed by atoms with Crippen molar-refractivity contribution in [2.24, 2.45) is 0 Å². The van der Waals surface area contributed by atoms with Crippen LogP contribution in [-0.2, 0) is 25.8 Å². The largest absolute Gasteiger partial charge is 0.506 e. The molecule has 0 aromatic heterocycles. The van der Waals surface area contributed by atoms with Crippen LogP contribution in [0, 0.1) is 0 Å². The Kier molecular flexibility index (Phi) is 4.72. The molecule has 21 heavy (non-hydrogen) atoms. The number of nitrogens with zero attached hydrogens (tertiary/aromatic N) is 1. The molecule has 0 radical (unpaired) electrons. The SMILES string of the molecule is CCOC(=O)Cc1ccc(N2CCS(=O)(=O)CC2)c(O)c1. The molecule has 0 unspecified atom stereocenters. The first kappa shape index (κ1) is 15.6. The van der Waals surface area contributed by atoms with E-state index in [-0.39, 0.29) is 29.6 Å². The first-order chi connectivity index (χ1) is 9.91. The van der Waals surface area contributed by atoms with Gasteiger partial charge in [-0.25, -0.2) is 8.42 Å². The first-order valence-electron chi connectivity index (χ1n) is 6.84. The molecule has 0 atom stereocenters. The van der Waals surface area contributed by atoms with E-state index in [2.05, 4.69) is 0 Å². The summed E-state index contributed by atoms with van der Waals surface area (Å²) in [6, 6.07) is 4.98. The van der Waals surface area contributed by atoms with E-state index >= 15 is 0 Å². The minimum atomic E-state index is -2.95. The Hall–Kier alpha value is -1.76. The molecule has 2 rings (SSSR count). The van der Waals surface area contributed by atoms with E-state index < -0.39 is 9.84 Å². The first-order valence-corrected chi connectivity index (χ1v) is 8.66. The van der Waals surface area contributed by atoms with Crippen LogP contribution in [0.1, 0.15) is 12.5 Å². The van der Waals surface area contributed by atoms with Crippen molar-refractivity contribution < 1.29 is 23.1 Å². The second kappa shape index (κ2) is 6.34. The number of phenols is 1. The summed E-state index contributed by atoms with van der Waals surface area (Å²) in [7, 11) is -2.95. The lowest BCUT2D eigenvalue weighted by molar-refractivity contribution is -0.142. The smallest absolute Gasteiger partial charge is 0.310 e. The summed E-state index contributed by atoms with van der Waals surface area (Å²) in [4.78, 5) is 13.2. The number of rotatable bonds is 4. The molecule has 1 aromatic carbocycles. The molecule has 6 nitrogen and oxygen atoms in total. The number of carbonyl (C=O) groups is 1. The Morgan fingerprint density at radius 3 is 2.57 bits per heavy atom. The van der Waals surface area contributed by atoms with Gasteiger partial charge >= 0.3 is 5.97 Å². The molecular weight excluding hydrogens is 294 g/mol. The molecule has 1 aliphatic rings. The molecule has 1 heterocycles. The summed E-state index contributed by atoms with van der Waals surface area (Å²) in [6.45, 7) is 2.80. The fourth-order valence-electron chi connectivity index (χ4n) is 2.28. The highest BCUT2D eigenvalue weighted by Crippen LogP contribution is 2.29. The van der Waals surface area contributed by atoms with E-state index in [1.165, 1.54) is 6.07 Å². The average Bonchev–Trinajstić information content (AvgIpc) is 2.40. The lowest BCUT2D eigenvalue weighted by Gasteiger charge is -2.29. The van der Waals surface area contributed by atoms with Gasteiger partial charge in [-0.1, -0.05) is 6.07 Å². The van der Waals surface area contributed by atoms with Crippen LogP contribution < -0.4 is 4.90 Å². The third-order valence-corrected chi connectivity index (χ3v) is 4.99. The highest BCUT2D eigenvalue weighted by atomic mass is 32.2. The third kappa shape index (κ3) is 4.10. The Morgan fingerprint density at radius 1 is 1.33 bits per heavy atom. The lowest BCUT2D eigenvalue weighted by atomic mass is 10.1. The van der Waals surface area contributed by atoms with Crippen LogP contribution in [0.25, 0.3) is 0 Å². The highest BCUT2D eigenvalue weighted by Gasteiger charge is 2.23. The molecule has 0 saturated carbocycles. The summed E-state index contributed by atoms with van der Waals surface area (Å²) in [6.07, 6.45) is 0.107. The number of anilines is 1. The Balaban J connectivity index is 2.07. The van der Waals surface area contributed by atoms with Crippen molar-refractivity contribution in [1.82, 2.24) is 0 Å². The van der Waals surface area contributed by atoms with Gasteiger partial charge in [-0.3, -0.25) is 4.79 Å². The Morgan fingerprint density at radius 2 is 2.00 bits per heavy atom. The van der Waals surface area contributed by atoms with Crippen molar-refractivity contribution in [3.63, 3.8) is 0 Å². The standard InChI is InChI=1S/C14H19NO5S/c1-2-20-14(17)10-11-3-4-12(13(16)9-11)15-5-7-21(18,19)8-6-15/h3-4,9,16H,2,5-8,10H2,1H3. The number of hydrogen-bond donors (Lipinski definition) is 1. The second-order valence-electron chi connectivity index (χ2n) is 4.94. The van der Waals surface area contributed by atoms with Crippen molar-refractivity contribution in [2.75, 3.05) is 36.1 Å². The molecule has 1 saturated heterocycles. The van der Waals surface area contributed by atoms with E-state index in [0.29, 0.717) is 30.9 Å².